The maximum atomic E-state index is 12.5. The summed E-state index contributed by atoms with van der Waals surface area (Å²) in [5, 5.41) is 0. The fourth-order valence-electron chi connectivity index (χ4n) is 4.24. The van der Waals surface area contributed by atoms with E-state index in [2.05, 4.69) is 23.1 Å². The van der Waals surface area contributed by atoms with Crippen LogP contribution in [-0.4, -0.2) is 36.7 Å². The van der Waals surface area contributed by atoms with Gasteiger partial charge in [0.05, 0.1) is 13.7 Å². The minimum Gasteiger partial charge on any atom is -0.493 e. The van der Waals surface area contributed by atoms with Gasteiger partial charge in [-0.3, -0.25) is 9.69 Å². The highest BCUT2D eigenvalue weighted by Crippen LogP contribution is 2.53. The number of esters is 1. The van der Waals surface area contributed by atoms with Gasteiger partial charge in [0.15, 0.2) is 0 Å². The third kappa shape index (κ3) is 1.69. The van der Waals surface area contributed by atoms with Crippen LogP contribution < -0.4 is 4.74 Å². The number of ether oxygens (including phenoxy) is 2. The average molecular weight is 285 g/mol. The highest BCUT2D eigenvalue weighted by molar-refractivity contribution is 5.82. The molecule has 3 heterocycles. The van der Waals surface area contributed by atoms with Gasteiger partial charge in [-0.1, -0.05) is 30.4 Å². The molecule has 0 N–H and O–H groups in total. The lowest BCUT2D eigenvalue weighted by Crippen LogP contribution is -2.53. The van der Waals surface area contributed by atoms with Crippen LogP contribution in [-0.2, 0) is 9.53 Å². The molecule has 1 aromatic carbocycles. The van der Waals surface area contributed by atoms with Crippen LogP contribution in [0.15, 0.2) is 36.4 Å². The molecule has 0 unspecified atom stereocenters. The number of methoxy groups -OCH3 is 1. The molecule has 4 rings (SSSR count). The summed E-state index contributed by atoms with van der Waals surface area (Å²) in [5.74, 6) is 1.19. The SMILES string of the molecule is COC(=O)[C@]12CC=CCN1[C@H]1c3ccccc3OC[C@H]1C2. The van der Waals surface area contributed by atoms with Crippen LogP contribution in [0.2, 0.25) is 0 Å². The zero-order valence-electron chi connectivity index (χ0n) is 12.1. The van der Waals surface area contributed by atoms with Gasteiger partial charge < -0.3 is 9.47 Å². The minimum atomic E-state index is -0.514. The quantitative estimate of drug-likeness (QED) is 0.586. The molecule has 1 fully saturated rings. The first-order valence-corrected chi connectivity index (χ1v) is 7.48. The van der Waals surface area contributed by atoms with E-state index in [1.54, 1.807) is 0 Å². The van der Waals surface area contributed by atoms with Crippen LogP contribution in [0.3, 0.4) is 0 Å². The third-order valence-corrected chi connectivity index (χ3v) is 5.11. The second-order valence-electron chi connectivity index (χ2n) is 6.11. The highest BCUT2D eigenvalue weighted by atomic mass is 16.5. The summed E-state index contributed by atoms with van der Waals surface area (Å²) in [4.78, 5) is 14.8. The van der Waals surface area contributed by atoms with Gasteiger partial charge in [0, 0.05) is 24.1 Å². The maximum Gasteiger partial charge on any atom is 0.326 e. The van der Waals surface area contributed by atoms with Crippen molar-refractivity contribution in [2.75, 3.05) is 20.3 Å². The molecule has 0 saturated carbocycles. The highest BCUT2D eigenvalue weighted by Gasteiger charge is 2.58. The van der Waals surface area contributed by atoms with Crippen LogP contribution >= 0.6 is 0 Å². The molecule has 1 aromatic rings. The van der Waals surface area contributed by atoms with E-state index in [9.17, 15) is 4.79 Å². The van der Waals surface area contributed by atoms with Crippen molar-refractivity contribution in [3.05, 3.63) is 42.0 Å². The average Bonchev–Trinajstić information content (AvgIpc) is 2.90. The zero-order chi connectivity index (χ0) is 14.4. The first-order valence-electron chi connectivity index (χ1n) is 7.48. The summed E-state index contributed by atoms with van der Waals surface area (Å²) in [5.41, 5.74) is 0.689. The van der Waals surface area contributed by atoms with E-state index in [4.69, 9.17) is 9.47 Å². The molecule has 4 nitrogen and oxygen atoms in total. The summed E-state index contributed by atoms with van der Waals surface area (Å²) in [6, 6.07) is 8.43. The molecule has 3 atom stereocenters. The number of nitrogens with zero attached hydrogens (tertiary/aromatic N) is 1. The molecular formula is C17H19NO3. The van der Waals surface area contributed by atoms with Crippen LogP contribution in [0.4, 0.5) is 0 Å². The summed E-state index contributed by atoms with van der Waals surface area (Å²) >= 11 is 0. The first kappa shape index (κ1) is 12.9. The monoisotopic (exact) mass is 285 g/mol. The molecule has 110 valence electrons. The molecule has 1 saturated heterocycles. The number of rotatable bonds is 1. The summed E-state index contributed by atoms with van der Waals surface area (Å²) in [6.07, 6.45) is 5.80. The van der Waals surface area contributed by atoms with Gasteiger partial charge in [-0.15, -0.1) is 0 Å². The Morgan fingerprint density at radius 3 is 3.10 bits per heavy atom. The van der Waals surface area contributed by atoms with Crippen LogP contribution in [0, 0.1) is 5.92 Å². The fraction of sp³-hybridized carbons (Fsp3) is 0.471. The van der Waals surface area contributed by atoms with Crippen molar-refractivity contribution in [2.24, 2.45) is 5.92 Å². The molecule has 0 aliphatic carbocycles. The molecule has 0 amide bonds. The number of hydrogen-bond acceptors (Lipinski definition) is 4. The largest absolute Gasteiger partial charge is 0.493 e. The number of carbonyl (C=O) groups is 1. The van der Waals surface area contributed by atoms with Crippen molar-refractivity contribution in [2.45, 2.75) is 24.4 Å². The van der Waals surface area contributed by atoms with Gasteiger partial charge >= 0.3 is 5.97 Å². The topological polar surface area (TPSA) is 38.8 Å². The van der Waals surface area contributed by atoms with E-state index in [-0.39, 0.29) is 12.0 Å². The van der Waals surface area contributed by atoms with Crippen molar-refractivity contribution in [3.63, 3.8) is 0 Å². The van der Waals surface area contributed by atoms with Crippen molar-refractivity contribution >= 4 is 5.97 Å². The second-order valence-corrected chi connectivity index (χ2v) is 6.11. The minimum absolute atomic E-state index is 0.112. The lowest BCUT2D eigenvalue weighted by atomic mass is 9.86. The van der Waals surface area contributed by atoms with E-state index >= 15 is 0 Å². The lowest BCUT2D eigenvalue weighted by Gasteiger charge is -2.41. The van der Waals surface area contributed by atoms with E-state index in [0.717, 1.165) is 25.1 Å². The maximum absolute atomic E-state index is 12.5. The molecule has 4 heteroatoms. The number of hydrogen-bond donors (Lipinski definition) is 0. The van der Waals surface area contributed by atoms with Crippen LogP contribution in [0.1, 0.15) is 24.4 Å². The molecule has 0 spiro atoms. The van der Waals surface area contributed by atoms with Crippen molar-refractivity contribution < 1.29 is 14.3 Å². The van der Waals surface area contributed by atoms with Crippen LogP contribution in [0.5, 0.6) is 5.75 Å². The predicted molar refractivity (Wildman–Crippen MR) is 78.0 cm³/mol. The first-order chi connectivity index (χ1) is 10.3. The molecule has 3 aliphatic heterocycles. The smallest absolute Gasteiger partial charge is 0.326 e. The van der Waals surface area contributed by atoms with E-state index in [1.165, 1.54) is 12.7 Å². The van der Waals surface area contributed by atoms with Crippen molar-refractivity contribution in [1.82, 2.24) is 4.90 Å². The van der Waals surface area contributed by atoms with Crippen LogP contribution in [0.25, 0.3) is 0 Å². The standard InChI is InChI=1S/C17H19NO3/c1-20-16(19)17-8-4-5-9-18(17)15-12(10-17)11-21-14-7-3-2-6-13(14)15/h2-7,12,15H,8-11H2,1H3/t12-,15-,17-/m1/s1. The Morgan fingerprint density at radius 1 is 1.38 bits per heavy atom. The summed E-state index contributed by atoms with van der Waals surface area (Å²) in [7, 11) is 1.49. The third-order valence-electron chi connectivity index (χ3n) is 5.11. The number of benzene rings is 1. The second kappa shape index (κ2) is 4.60. The van der Waals surface area contributed by atoms with Gasteiger partial charge in [-0.05, 0) is 18.9 Å². The number of fused-ring (bicyclic) bond motifs is 5. The zero-order valence-corrected chi connectivity index (χ0v) is 12.1. The van der Waals surface area contributed by atoms with E-state index < -0.39 is 5.54 Å². The lowest BCUT2D eigenvalue weighted by molar-refractivity contribution is -0.154. The molecule has 0 radical (unpaired) electrons. The van der Waals surface area contributed by atoms with E-state index in [0.29, 0.717) is 12.5 Å². The fourth-order valence-corrected chi connectivity index (χ4v) is 4.24. The van der Waals surface area contributed by atoms with Gasteiger partial charge in [-0.25, -0.2) is 0 Å². The van der Waals surface area contributed by atoms with Gasteiger partial charge in [-0.2, -0.15) is 0 Å². The molecular weight excluding hydrogens is 266 g/mol. The van der Waals surface area contributed by atoms with Gasteiger partial charge in [0.25, 0.3) is 0 Å². The Kier molecular flexibility index (Phi) is 2.82. The Balaban J connectivity index is 1.81. The molecule has 3 aliphatic rings. The Morgan fingerprint density at radius 2 is 2.24 bits per heavy atom. The molecule has 0 aromatic heterocycles. The van der Waals surface area contributed by atoms with Crippen molar-refractivity contribution in [3.8, 4) is 5.75 Å². The van der Waals surface area contributed by atoms with Crippen molar-refractivity contribution in [1.29, 1.82) is 0 Å². The Hall–Kier alpha value is -1.81. The van der Waals surface area contributed by atoms with E-state index in [1.807, 2.05) is 18.2 Å². The number of carbonyl (C=O) groups excluding carboxylic acids is 1. The summed E-state index contributed by atoms with van der Waals surface area (Å²) in [6.45, 7) is 1.47. The summed E-state index contributed by atoms with van der Waals surface area (Å²) < 4.78 is 11.0. The number of para-hydroxylation sites is 1. The van der Waals surface area contributed by atoms with Gasteiger partial charge in [0.1, 0.15) is 11.3 Å². The predicted octanol–water partition coefficient (Wildman–Crippen LogP) is 2.31. The molecule has 0 bridgehead atoms. The Labute approximate surface area is 124 Å². The normalized spacial score (nSPS) is 33.6. The van der Waals surface area contributed by atoms with Gasteiger partial charge in [0.2, 0.25) is 0 Å². The molecule has 21 heavy (non-hydrogen) atoms. The Bertz CT molecular complexity index is 612.